The van der Waals surface area contributed by atoms with Gasteiger partial charge < -0.3 is 20.1 Å². The molecule has 2 N–H and O–H groups in total. The van der Waals surface area contributed by atoms with Crippen molar-refractivity contribution in [3.8, 4) is 17.6 Å². The first-order chi connectivity index (χ1) is 13.6. The van der Waals surface area contributed by atoms with Crippen LogP contribution >= 0.6 is 15.9 Å². The lowest BCUT2D eigenvalue weighted by Crippen LogP contribution is -2.30. The van der Waals surface area contributed by atoms with Gasteiger partial charge >= 0.3 is 0 Å². The lowest BCUT2D eigenvalue weighted by atomic mass is 10.1. The topological polar surface area (TPSA) is 96.3 Å². The number of hydrogen-bond donors (Lipinski definition) is 2. The predicted octanol–water partition coefficient (Wildman–Crippen LogP) is 3.28. The van der Waals surface area contributed by atoms with Crippen LogP contribution in [0.1, 0.15) is 25.0 Å². The standard InChI is InChI=1S/C20H23BrN4O3/c1-3-27-17-10-15(16(21)12-18(17)28-4-2)11-19(26)23-8-9-25-20-14(13-22)6-5-7-24-20/h5-7,10,12H,3-4,8-9,11H2,1-2H3,(H,23,26)(H,24,25). The summed E-state index contributed by atoms with van der Waals surface area (Å²) < 4.78 is 12.0. The maximum absolute atomic E-state index is 12.3. The van der Waals surface area contributed by atoms with Crippen LogP contribution in [0.5, 0.6) is 11.5 Å². The van der Waals surface area contributed by atoms with E-state index in [1.54, 1.807) is 18.3 Å². The fourth-order valence-electron chi connectivity index (χ4n) is 2.50. The molecule has 1 amide bonds. The molecule has 0 aliphatic heterocycles. The third-order valence-electron chi connectivity index (χ3n) is 3.73. The second-order valence-corrected chi connectivity index (χ2v) is 6.58. The highest BCUT2D eigenvalue weighted by molar-refractivity contribution is 9.10. The van der Waals surface area contributed by atoms with Crippen molar-refractivity contribution < 1.29 is 14.3 Å². The number of nitriles is 1. The van der Waals surface area contributed by atoms with Gasteiger partial charge in [-0.15, -0.1) is 0 Å². The van der Waals surface area contributed by atoms with E-state index in [0.29, 0.717) is 49.2 Å². The molecule has 2 aromatic rings. The summed E-state index contributed by atoms with van der Waals surface area (Å²) in [4.78, 5) is 16.4. The molecule has 0 saturated carbocycles. The van der Waals surface area contributed by atoms with Crippen LogP contribution < -0.4 is 20.1 Å². The Morgan fingerprint density at radius 2 is 1.93 bits per heavy atom. The molecule has 0 fully saturated rings. The number of halogens is 1. The third kappa shape index (κ3) is 6.13. The first-order valence-corrected chi connectivity index (χ1v) is 9.82. The van der Waals surface area contributed by atoms with Gasteiger partial charge in [0, 0.05) is 23.8 Å². The maximum Gasteiger partial charge on any atom is 0.224 e. The molecule has 0 unspecified atom stereocenters. The molecule has 7 nitrogen and oxygen atoms in total. The van der Waals surface area contributed by atoms with Crippen molar-refractivity contribution in [2.45, 2.75) is 20.3 Å². The van der Waals surface area contributed by atoms with Crippen molar-refractivity contribution in [2.24, 2.45) is 0 Å². The number of pyridine rings is 1. The summed E-state index contributed by atoms with van der Waals surface area (Å²) in [5, 5.41) is 14.9. The maximum atomic E-state index is 12.3. The molecule has 0 atom stereocenters. The van der Waals surface area contributed by atoms with Gasteiger partial charge in [-0.2, -0.15) is 5.26 Å². The van der Waals surface area contributed by atoms with Gasteiger partial charge in [-0.25, -0.2) is 4.98 Å². The van der Waals surface area contributed by atoms with E-state index < -0.39 is 0 Å². The van der Waals surface area contributed by atoms with Gasteiger partial charge in [-0.1, -0.05) is 15.9 Å². The minimum absolute atomic E-state index is 0.115. The summed E-state index contributed by atoms with van der Waals surface area (Å²) in [6.45, 7) is 5.72. The number of nitrogens with one attached hydrogen (secondary N) is 2. The number of carbonyl (C=O) groups excluding carboxylic acids is 1. The Hall–Kier alpha value is -2.79. The molecule has 148 valence electrons. The lowest BCUT2D eigenvalue weighted by molar-refractivity contribution is -0.120. The van der Waals surface area contributed by atoms with E-state index in [4.69, 9.17) is 14.7 Å². The Morgan fingerprint density at radius 1 is 1.21 bits per heavy atom. The third-order valence-corrected chi connectivity index (χ3v) is 4.47. The number of benzene rings is 1. The molecule has 1 heterocycles. The highest BCUT2D eigenvalue weighted by Crippen LogP contribution is 2.34. The van der Waals surface area contributed by atoms with Crippen LogP contribution in [0, 0.1) is 11.3 Å². The van der Waals surface area contributed by atoms with E-state index in [1.807, 2.05) is 26.0 Å². The number of carbonyl (C=O) groups is 1. The lowest BCUT2D eigenvalue weighted by Gasteiger charge is -2.14. The van der Waals surface area contributed by atoms with Gasteiger partial charge in [0.15, 0.2) is 11.5 Å². The Morgan fingerprint density at radius 3 is 2.61 bits per heavy atom. The highest BCUT2D eigenvalue weighted by atomic mass is 79.9. The van der Waals surface area contributed by atoms with E-state index in [0.717, 1.165) is 10.0 Å². The molecule has 1 aromatic carbocycles. The quantitative estimate of drug-likeness (QED) is 0.543. The van der Waals surface area contributed by atoms with Crippen molar-refractivity contribution in [1.82, 2.24) is 10.3 Å². The molecular weight excluding hydrogens is 424 g/mol. The first-order valence-electron chi connectivity index (χ1n) is 9.02. The van der Waals surface area contributed by atoms with Gasteiger partial charge in [0.25, 0.3) is 0 Å². The molecule has 0 bridgehead atoms. The second-order valence-electron chi connectivity index (χ2n) is 5.72. The Balaban J connectivity index is 1.90. The average Bonchev–Trinajstić information content (AvgIpc) is 2.69. The molecule has 8 heteroatoms. The molecule has 28 heavy (non-hydrogen) atoms. The average molecular weight is 447 g/mol. The van der Waals surface area contributed by atoms with Gasteiger partial charge in [0.05, 0.1) is 25.2 Å². The van der Waals surface area contributed by atoms with Crippen LogP contribution in [-0.2, 0) is 11.2 Å². The second kappa shape index (κ2) is 11.1. The summed E-state index contributed by atoms with van der Waals surface area (Å²) in [7, 11) is 0. The minimum Gasteiger partial charge on any atom is -0.490 e. The fourth-order valence-corrected chi connectivity index (χ4v) is 2.97. The van der Waals surface area contributed by atoms with Crippen LogP contribution in [-0.4, -0.2) is 37.2 Å². The number of ether oxygens (including phenoxy) is 2. The molecule has 2 rings (SSSR count). The molecule has 0 aliphatic rings. The number of nitrogens with zero attached hydrogens (tertiary/aromatic N) is 2. The van der Waals surface area contributed by atoms with Crippen molar-refractivity contribution in [1.29, 1.82) is 5.26 Å². The van der Waals surface area contributed by atoms with Gasteiger partial charge in [-0.05, 0) is 43.7 Å². The Kier molecular flexibility index (Phi) is 8.56. The van der Waals surface area contributed by atoms with Gasteiger partial charge in [-0.3, -0.25) is 4.79 Å². The van der Waals surface area contributed by atoms with E-state index in [2.05, 4.69) is 37.6 Å². The van der Waals surface area contributed by atoms with Crippen LogP contribution in [0.15, 0.2) is 34.9 Å². The number of anilines is 1. The Labute approximate surface area is 173 Å². The van der Waals surface area contributed by atoms with Crippen LogP contribution in [0.3, 0.4) is 0 Å². The smallest absolute Gasteiger partial charge is 0.224 e. The summed E-state index contributed by atoms with van der Waals surface area (Å²) >= 11 is 3.49. The highest BCUT2D eigenvalue weighted by Gasteiger charge is 2.13. The van der Waals surface area contributed by atoms with E-state index in [9.17, 15) is 4.79 Å². The normalized spacial score (nSPS) is 10.1. The number of hydrogen-bond acceptors (Lipinski definition) is 6. The number of rotatable bonds is 10. The summed E-state index contributed by atoms with van der Waals surface area (Å²) in [6, 6.07) is 9.11. The SMILES string of the molecule is CCOc1cc(Br)c(CC(=O)NCCNc2ncccc2C#N)cc1OCC. The predicted molar refractivity (Wildman–Crippen MR) is 111 cm³/mol. The number of amides is 1. The summed E-state index contributed by atoms with van der Waals surface area (Å²) in [5.41, 5.74) is 1.28. The molecule has 0 aliphatic carbocycles. The Bertz CT molecular complexity index is 852. The van der Waals surface area contributed by atoms with E-state index in [1.165, 1.54) is 0 Å². The van der Waals surface area contributed by atoms with E-state index >= 15 is 0 Å². The minimum atomic E-state index is -0.115. The zero-order chi connectivity index (χ0) is 20.4. The molecule has 1 aromatic heterocycles. The molecule has 0 spiro atoms. The fraction of sp³-hybridized carbons (Fsp3) is 0.350. The van der Waals surface area contributed by atoms with Crippen LogP contribution in [0.4, 0.5) is 5.82 Å². The first kappa shape index (κ1) is 21.5. The molecule has 0 radical (unpaired) electrons. The zero-order valence-corrected chi connectivity index (χ0v) is 17.5. The van der Waals surface area contributed by atoms with Crippen molar-refractivity contribution >= 4 is 27.7 Å². The van der Waals surface area contributed by atoms with Crippen molar-refractivity contribution in [3.05, 3.63) is 46.1 Å². The van der Waals surface area contributed by atoms with Crippen molar-refractivity contribution in [3.63, 3.8) is 0 Å². The van der Waals surface area contributed by atoms with Gasteiger partial charge in [0.2, 0.25) is 5.91 Å². The van der Waals surface area contributed by atoms with E-state index in [-0.39, 0.29) is 12.3 Å². The zero-order valence-electron chi connectivity index (χ0n) is 15.9. The number of aromatic nitrogens is 1. The molecular formula is C20H23BrN4O3. The largest absolute Gasteiger partial charge is 0.490 e. The summed E-state index contributed by atoms with van der Waals surface area (Å²) in [5.74, 6) is 1.66. The van der Waals surface area contributed by atoms with Crippen LogP contribution in [0.2, 0.25) is 0 Å². The van der Waals surface area contributed by atoms with Gasteiger partial charge in [0.1, 0.15) is 11.9 Å². The molecule has 0 saturated heterocycles. The van der Waals surface area contributed by atoms with Crippen molar-refractivity contribution in [2.75, 3.05) is 31.6 Å². The van der Waals surface area contributed by atoms with Crippen LogP contribution in [0.25, 0.3) is 0 Å². The monoisotopic (exact) mass is 446 g/mol. The summed E-state index contributed by atoms with van der Waals surface area (Å²) in [6.07, 6.45) is 1.82.